The van der Waals surface area contributed by atoms with E-state index < -0.39 is 30.3 Å². The number of carbonyl (C=O) groups is 1. The van der Waals surface area contributed by atoms with Gasteiger partial charge in [-0.25, -0.2) is 4.79 Å². The highest BCUT2D eigenvalue weighted by Crippen LogP contribution is 2.07. The maximum absolute atomic E-state index is 10.3. The summed E-state index contributed by atoms with van der Waals surface area (Å²) >= 11 is 0. The Hall–Kier alpha value is -1.09. The third-order valence-corrected chi connectivity index (χ3v) is 1.68. The normalized spacial score (nSPS) is 19.4. The number of nitrogens with zero attached hydrogens (tertiary/aromatic N) is 1. The molecule has 0 aromatic rings. The highest BCUT2D eigenvalue weighted by atomic mass is 16.4. The van der Waals surface area contributed by atoms with Gasteiger partial charge in [0.2, 0.25) is 6.04 Å². The van der Waals surface area contributed by atoms with Crippen molar-refractivity contribution in [2.75, 3.05) is 6.54 Å². The van der Waals surface area contributed by atoms with Crippen LogP contribution in [0.1, 0.15) is 0 Å². The second kappa shape index (κ2) is 5.60. The number of carboxylic acid groups (broad SMARTS) is 1. The maximum atomic E-state index is 10.3. The average Bonchev–Trinajstić information content (AvgIpc) is 2.15. The standard InChI is InChI=1S/C6H12N2O6/c7-1-2(9)4(10)5(11)3(8-14)6(12)13/h2-5,9-11H,1,7H2,(H,12,13). The van der Waals surface area contributed by atoms with E-state index in [0.29, 0.717) is 0 Å². The molecule has 4 atom stereocenters. The van der Waals surface area contributed by atoms with Crippen LogP contribution in [0.4, 0.5) is 0 Å². The fraction of sp³-hybridized carbons (Fsp3) is 0.833. The monoisotopic (exact) mass is 208 g/mol. The van der Waals surface area contributed by atoms with E-state index in [1.54, 1.807) is 0 Å². The predicted molar refractivity (Wildman–Crippen MR) is 44.3 cm³/mol. The molecule has 0 amide bonds. The van der Waals surface area contributed by atoms with E-state index in [1.165, 1.54) is 0 Å². The van der Waals surface area contributed by atoms with Crippen molar-refractivity contribution in [3.8, 4) is 0 Å². The summed E-state index contributed by atoms with van der Waals surface area (Å²) in [5.41, 5.74) is 4.95. The van der Waals surface area contributed by atoms with E-state index in [0.717, 1.165) is 0 Å². The summed E-state index contributed by atoms with van der Waals surface area (Å²) in [7, 11) is 0. The molecule has 0 aromatic heterocycles. The molecule has 0 rings (SSSR count). The van der Waals surface area contributed by atoms with E-state index in [9.17, 15) is 9.70 Å². The highest BCUT2D eigenvalue weighted by Gasteiger charge is 2.36. The Morgan fingerprint density at radius 2 is 1.79 bits per heavy atom. The van der Waals surface area contributed by atoms with Crippen LogP contribution in [0.5, 0.6) is 0 Å². The maximum Gasteiger partial charge on any atom is 0.334 e. The molecule has 6 N–H and O–H groups in total. The molecule has 0 spiro atoms. The fourth-order valence-electron chi connectivity index (χ4n) is 0.807. The second-order valence-corrected chi connectivity index (χ2v) is 2.67. The molecule has 0 aromatic carbocycles. The summed E-state index contributed by atoms with van der Waals surface area (Å²) in [6.07, 6.45) is -5.31. The molecule has 8 nitrogen and oxygen atoms in total. The predicted octanol–water partition coefficient (Wildman–Crippen LogP) is -2.75. The van der Waals surface area contributed by atoms with Gasteiger partial charge in [-0.15, -0.1) is 4.91 Å². The zero-order valence-electron chi connectivity index (χ0n) is 7.15. The number of hydrogen-bond donors (Lipinski definition) is 5. The van der Waals surface area contributed by atoms with Crippen molar-refractivity contribution < 1.29 is 25.2 Å². The van der Waals surface area contributed by atoms with Gasteiger partial charge in [-0.3, -0.25) is 0 Å². The first-order chi connectivity index (χ1) is 6.45. The zero-order chi connectivity index (χ0) is 11.3. The van der Waals surface area contributed by atoms with E-state index >= 15 is 0 Å². The molecule has 0 saturated carbocycles. The van der Waals surface area contributed by atoms with E-state index in [4.69, 9.17) is 26.2 Å². The van der Waals surface area contributed by atoms with Crippen molar-refractivity contribution in [2.45, 2.75) is 24.4 Å². The van der Waals surface area contributed by atoms with E-state index in [1.807, 2.05) is 0 Å². The summed E-state index contributed by atoms with van der Waals surface area (Å²) in [6.45, 7) is -0.372. The van der Waals surface area contributed by atoms with Crippen LogP contribution in [0.3, 0.4) is 0 Å². The van der Waals surface area contributed by atoms with Gasteiger partial charge in [-0.2, -0.15) is 0 Å². The summed E-state index contributed by atoms with van der Waals surface area (Å²) in [4.78, 5) is 20.3. The Labute approximate surface area is 78.9 Å². The van der Waals surface area contributed by atoms with Crippen LogP contribution in [0.25, 0.3) is 0 Å². The Balaban J connectivity index is 4.48. The number of hydrogen-bond acceptors (Lipinski definition) is 7. The van der Waals surface area contributed by atoms with Crippen molar-refractivity contribution in [2.24, 2.45) is 10.9 Å². The Morgan fingerprint density at radius 1 is 1.29 bits per heavy atom. The summed E-state index contributed by atoms with van der Waals surface area (Å²) < 4.78 is 0. The van der Waals surface area contributed by atoms with E-state index in [-0.39, 0.29) is 6.54 Å². The largest absolute Gasteiger partial charge is 0.479 e. The molecule has 0 heterocycles. The third-order valence-electron chi connectivity index (χ3n) is 1.68. The second-order valence-electron chi connectivity index (χ2n) is 2.67. The van der Waals surface area contributed by atoms with Crippen molar-refractivity contribution in [1.82, 2.24) is 0 Å². The number of aliphatic carboxylic acids is 1. The molecule has 0 radical (unpaired) electrons. The number of aliphatic hydroxyl groups excluding tert-OH is 3. The van der Waals surface area contributed by atoms with Gasteiger partial charge in [-0.1, -0.05) is 5.18 Å². The van der Waals surface area contributed by atoms with Gasteiger partial charge in [0.1, 0.15) is 12.2 Å². The topological polar surface area (TPSA) is 153 Å². The summed E-state index contributed by atoms with van der Waals surface area (Å²) in [5.74, 6) is -1.68. The third kappa shape index (κ3) is 3.00. The van der Waals surface area contributed by atoms with Gasteiger partial charge in [-0.05, 0) is 0 Å². The van der Waals surface area contributed by atoms with Crippen molar-refractivity contribution in [3.63, 3.8) is 0 Å². The average molecular weight is 208 g/mol. The Kier molecular flexibility index (Phi) is 5.16. The molecule has 0 bridgehead atoms. The molecule has 0 aliphatic heterocycles. The molecule has 14 heavy (non-hydrogen) atoms. The fourth-order valence-corrected chi connectivity index (χ4v) is 0.807. The van der Waals surface area contributed by atoms with Crippen LogP contribution in [0.15, 0.2) is 5.18 Å². The van der Waals surface area contributed by atoms with Crippen LogP contribution in [-0.4, -0.2) is 57.3 Å². The van der Waals surface area contributed by atoms with Crippen LogP contribution in [0.2, 0.25) is 0 Å². The first-order valence-electron chi connectivity index (χ1n) is 3.75. The number of aliphatic hydroxyl groups is 3. The van der Waals surface area contributed by atoms with Gasteiger partial charge in [0.25, 0.3) is 0 Å². The highest BCUT2D eigenvalue weighted by molar-refractivity contribution is 5.74. The summed E-state index contributed by atoms with van der Waals surface area (Å²) in [6, 6.07) is -2.02. The lowest BCUT2D eigenvalue weighted by Gasteiger charge is -2.22. The van der Waals surface area contributed by atoms with Crippen LogP contribution in [0, 0.1) is 4.91 Å². The number of carboxylic acids is 1. The first kappa shape index (κ1) is 12.9. The smallest absolute Gasteiger partial charge is 0.334 e. The van der Waals surface area contributed by atoms with Gasteiger partial charge >= 0.3 is 5.97 Å². The molecule has 0 aliphatic carbocycles. The molecule has 0 aliphatic rings. The van der Waals surface area contributed by atoms with Crippen molar-refractivity contribution in [3.05, 3.63) is 4.91 Å². The Bertz CT molecular complexity index is 210. The minimum Gasteiger partial charge on any atom is -0.479 e. The molecular formula is C6H12N2O6. The van der Waals surface area contributed by atoms with Gasteiger partial charge in [0.15, 0.2) is 0 Å². The van der Waals surface area contributed by atoms with E-state index in [2.05, 4.69) is 5.18 Å². The minimum absolute atomic E-state index is 0.372. The SMILES string of the molecule is NCC(O)C(O)C(O)C(N=O)C(=O)O. The lowest BCUT2D eigenvalue weighted by Crippen LogP contribution is -2.48. The lowest BCUT2D eigenvalue weighted by molar-refractivity contribution is -0.145. The lowest BCUT2D eigenvalue weighted by atomic mass is 10.0. The number of nitrogens with two attached hydrogens (primary N) is 1. The first-order valence-corrected chi connectivity index (χ1v) is 3.75. The van der Waals surface area contributed by atoms with Crippen molar-refractivity contribution >= 4 is 5.97 Å². The quantitative estimate of drug-likeness (QED) is 0.296. The van der Waals surface area contributed by atoms with Crippen LogP contribution >= 0.6 is 0 Å². The van der Waals surface area contributed by atoms with Crippen LogP contribution < -0.4 is 5.73 Å². The zero-order valence-corrected chi connectivity index (χ0v) is 7.15. The van der Waals surface area contributed by atoms with Crippen molar-refractivity contribution in [1.29, 1.82) is 0 Å². The number of nitroso groups, excluding NO2 is 1. The molecule has 0 saturated heterocycles. The Morgan fingerprint density at radius 3 is 2.07 bits per heavy atom. The molecule has 8 heteroatoms. The van der Waals surface area contributed by atoms with Gasteiger partial charge < -0.3 is 26.2 Å². The molecular weight excluding hydrogens is 196 g/mol. The van der Waals surface area contributed by atoms with Gasteiger partial charge in [0.05, 0.1) is 6.10 Å². The van der Waals surface area contributed by atoms with Gasteiger partial charge in [0, 0.05) is 6.54 Å². The van der Waals surface area contributed by atoms with Crippen LogP contribution in [-0.2, 0) is 4.79 Å². The summed E-state index contributed by atoms with van der Waals surface area (Å²) in [5, 5.41) is 37.6. The molecule has 4 unspecified atom stereocenters. The molecule has 82 valence electrons. The minimum atomic E-state index is -2.02. The molecule has 0 fully saturated rings. The number of rotatable bonds is 6.